The molecule has 26 heavy (non-hydrogen) atoms. The highest BCUT2D eigenvalue weighted by Crippen LogP contribution is 2.31. The van der Waals surface area contributed by atoms with Crippen LogP contribution < -0.4 is 17.2 Å². The molecule has 0 fully saturated rings. The molecule has 0 aliphatic heterocycles. The molecule has 8 heteroatoms. The van der Waals surface area contributed by atoms with Gasteiger partial charge >= 0.3 is 0 Å². The van der Waals surface area contributed by atoms with Gasteiger partial charge in [0.15, 0.2) is 0 Å². The Morgan fingerprint density at radius 1 is 1.31 bits per heavy atom. The highest BCUT2D eigenvalue weighted by molar-refractivity contribution is 6.14. The second-order valence-electron chi connectivity index (χ2n) is 6.27. The molecule has 2 heterocycles. The molecule has 0 spiro atoms. The van der Waals surface area contributed by atoms with Gasteiger partial charge in [0.1, 0.15) is 23.6 Å². The summed E-state index contributed by atoms with van der Waals surface area (Å²) >= 11 is 0. The first-order chi connectivity index (χ1) is 12.2. The minimum absolute atomic E-state index is 0.0334. The van der Waals surface area contributed by atoms with Crippen LogP contribution in [0.3, 0.4) is 0 Å². The molecular formula is C18H29N7O. The Labute approximate surface area is 154 Å². The molecular weight excluding hydrogens is 330 g/mol. The fourth-order valence-electron chi connectivity index (χ4n) is 2.32. The zero-order chi connectivity index (χ0) is 20.1. The van der Waals surface area contributed by atoms with Gasteiger partial charge in [-0.3, -0.25) is 4.79 Å². The van der Waals surface area contributed by atoms with Crippen molar-refractivity contribution in [1.29, 1.82) is 0 Å². The number of nitrogens with two attached hydrogens (primary N) is 3. The van der Waals surface area contributed by atoms with Crippen molar-refractivity contribution in [3.63, 3.8) is 0 Å². The van der Waals surface area contributed by atoms with E-state index in [4.69, 9.17) is 17.2 Å². The number of anilines is 1. The van der Waals surface area contributed by atoms with Crippen LogP contribution in [0, 0.1) is 0 Å². The van der Waals surface area contributed by atoms with Crippen molar-refractivity contribution in [1.82, 2.24) is 14.5 Å². The maximum Gasteiger partial charge on any atom is 0.281 e. The van der Waals surface area contributed by atoms with Crippen LogP contribution in [-0.4, -0.2) is 26.3 Å². The molecule has 8 nitrogen and oxygen atoms in total. The molecule has 0 bridgehead atoms. The normalized spacial score (nSPS) is 12.7. The molecule has 0 aliphatic carbocycles. The number of hydrogen-bond donors (Lipinski definition) is 3. The van der Waals surface area contributed by atoms with E-state index in [1.54, 1.807) is 13.1 Å². The van der Waals surface area contributed by atoms with Gasteiger partial charge < -0.3 is 21.8 Å². The second-order valence-corrected chi connectivity index (χ2v) is 6.27. The minimum atomic E-state index is -0.512. The predicted molar refractivity (Wildman–Crippen MR) is 107 cm³/mol. The van der Waals surface area contributed by atoms with Crippen LogP contribution in [0.15, 0.2) is 29.3 Å². The quantitative estimate of drug-likeness (QED) is 0.566. The lowest BCUT2D eigenvalue weighted by Crippen LogP contribution is -2.24. The summed E-state index contributed by atoms with van der Waals surface area (Å²) in [5.74, 6) is -0.249. The number of fused-ring (bicyclic) bond motifs is 1. The van der Waals surface area contributed by atoms with Crippen LogP contribution in [-0.2, 0) is 5.54 Å². The Morgan fingerprint density at radius 3 is 2.46 bits per heavy atom. The number of carbonyl (C=O) groups excluding carboxylic acids is 1. The number of aliphatic imine (C=N–C) groups is 1. The van der Waals surface area contributed by atoms with Crippen LogP contribution in [0.2, 0.25) is 0 Å². The molecule has 0 saturated carbocycles. The smallest absolute Gasteiger partial charge is 0.281 e. The van der Waals surface area contributed by atoms with Gasteiger partial charge in [-0.15, -0.1) is 0 Å². The van der Waals surface area contributed by atoms with Crippen molar-refractivity contribution in [3.8, 4) is 0 Å². The summed E-state index contributed by atoms with van der Waals surface area (Å²) < 4.78 is 1.92. The first-order valence-electron chi connectivity index (χ1n) is 8.61. The van der Waals surface area contributed by atoms with Crippen LogP contribution in [0.4, 0.5) is 5.82 Å². The van der Waals surface area contributed by atoms with E-state index in [0.717, 1.165) is 6.42 Å². The molecule has 0 unspecified atom stereocenters. The lowest BCUT2D eigenvalue weighted by molar-refractivity contribution is 0.100. The van der Waals surface area contributed by atoms with Gasteiger partial charge in [0, 0.05) is 17.4 Å². The van der Waals surface area contributed by atoms with Gasteiger partial charge in [0.05, 0.1) is 10.9 Å². The number of aromatic nitrogens is 3. The Balaban J connectivity index is 0.00000163. The summed E-state index contributed by atoms with van der Waals surface area (Å²) in [5, 5.41) is 0.481. The summed E-state index contributed by atoms with van der Waals surface area (Å²) in [7, 11) is 0. The number of rotatable bonds is 4. The zero-order valence-corrected chi connectivity index (χ0v) is 16.4. The number of amides is 1. The third-order valence-electron chi connectivity index (χ3n) is 3.97. The average Bonchev–Trinajstić information content (AvgIpc) is 2.98. The van der Waals surface area contributed by atoms with E-state index >= 15 is 0 Å². The Hall–Kier alpha value is -2.90. The molecule has 0 atom stereocenters. The van der Waals surface area contributed by atoms with E-state index in [-0.39, 0.29) is 17.2 Å². The number of allylic oxidation sites excluding steroid dienone is 1. The van der Waals surface area contributed by atoms with Crippen LogP contribution >= 0.6 is 0 Å². The fourth-order valence-corrected chi connectivity index (χ4v) is 2.32. The third-order valence-corrected chi connectivity index (χ3v) is 3.97. The maximum atomic E-state index is 12.6. The summed E-state index contributed by atoms with van der Waals surface area (Å²) in [6, 6.07) is 0. The van der Waals surface area contributed by atoms with E-state index in [0.29, 0.717) is 22.3 Å². The highest BCUT2D eigenvalue weighted by atomic mass is 16.1. The summed E-state index contributed by atoms with van der Waals surface area (Å²) in [4.78, 5) is 24.7. The molecule has 6 N–H and O–H groups in total. The van der Waals surface area contributed by atoms with E-state index in [2.05, 4.69) is 35.7 Å². The van der Waals surface area contributed by atoms with E-state index in [1.807, 2.05) is 18.4 Å². The SMILES string of the molecule is CC.CCC(C)(C)n1cc(C(=O)N=C(N)/C=C(/C)N)c2c(N)ncnc21. The number of nitrogen functional groups attached to an aromatic ring is 1. The molecule has 0 radical (unpaired) electrons. The van der Waals surface area contributed by atoms with Gasteiger partial charge in [0.2, 0.25) is 0 Å². The number of nitrogens with zero attached hydrogens (tertiary/aromatic N) is 4. The molecule has 0 aromatic carbocycles. The number of amidine groups is 1. The zero-order valence-electron chi connectivity index (χ0n) is 16.4. The van der Waals surface area contributed by atoms with Crippen molar-refractivity contribution >= 4 is 28.6 Å². The third kappa shape index (κ3) is 4.38. The molecule has 2 rings (SSSR count). The molecule has 2 aromatic rings. The largest absolute Gasteiger partial charge is 0.402 e. The summed E-state index contributed by atoms with van der Waals surface area (Å²) in [6.07, 6.45) is 5.35. The van der Waals surface area contributed by atoms with Gasteiger partial charge in [-0.2, -0.15) is 4.99 Å². The Bertz CT molecular complexity index is 843. The first kappa shape index (κ1) is 21.1. The van der Waals surface area contributed by atoms with Crippen molar-refractivity contribution < 1.29 is 4.79 Å². The highest BCUT2D eigenvalue weighted by Gasteiger charge is 2.26. The van der Waals surface area contributed by atoms with E-state index < -0.39 is 5.91 Å². The molecule has 2 aromatic heterocycles. The van der Waals surface area contributed by atoms with E-state index in [1.165, 1.54) is 12.4 Å². The average molecular weight is 359 g/mol. The van der Waals surface area contributed by atoms with Crippen LogP contribution in [0.1, 0.15) is 58.3 Å². The summed E-state index contributed by atoms with van der Waals surface area (Å²) in [5.41, 5.74) is 18.4. The van der Waals surface area contributed by atoms with Crippen molar-refractivity contribution in [2.24, 2.45) is 16.5 Å². The summed E-state index contributed by atoms with van der Waals surface area (Å²) in [6.45, 7) is 11.8. The molecule has 0 saturated heterocycles. The Kier molecular flexibility index (Phi) is 6.88. The topological polar surface area (TPSA) is 138 Å². The van der Waals surface area contributed by atoms with Crippen molar-refractivity contribution in [3.05, 3.63) is 29.9 Å². The van der Waals surface area contributed by atoms with Crippen LogP contribution in [0.25, 0.3) is 11.0 Å². The first-order valence-corrected chi connectivity index (χ1v) is 8.61. The van der Waals surface area contributed by atoms with Gasteiger partial charge in [0.25, 0.3) is 5.91 Å². The monoisotopic (exact) mass is 359 g/mol. The second kappa shape index (κ2) is 8.46. The lowest BCUT2D eigenvalue weighted by atomic mass is 10.0. The van der Waals surface area contributed by atoms with Crippen molar-refractivity contribution in [2.45, 2.75) is 53.5 Å². The Morgan fingerprint density at radius 2 is 1.92 bits per heavy atom. The lowest BCUT2D eigenvalue weighted by Gasteiger charge is -2.25. The predicted octanol–water partition coefficient (Wildman–Crippen LogP) is 2.54. The number of carbonyl (C=O) groups is 1. The molecule has 142 valence electrons. The van der Waals surface area contributed by atoms with Gasteiger partial charge in [-0.05, 0) is 33.3 Å². The van der Waals surface area contributed by atoms with E-state index in [9.17, 15) is 4.79 Å². The number of hydrogen-bond acceptors (Lipinski definition) is 5. The standard InChI is InChI=1S/C16H23N7O.C2H6/c1-5-16(3,4)23-7-10(12-13(19)20-8-21-14(12)23)15(24)22-11(18)6-9(2)17;1-2/h6-8H,5,17H2,1-4H3,(H2,18,22,24)(H2,19,20,21);1-2H3/b9-6-;. The van der Waals surface area contributed by atoms with Gasteiger partial charge in [-0.25, -0.2) is 9.97 Å². The minimum Gasteiger partial charge on any atom is -0.402 e. The maximum absolute atomic E-state index is 12.6. The van der Waals surface area contributed by atoms with Crippen LogP contribution in [0.5, 0.6) is 0 Å². The van der Waals surface area contributed by atoms with Crippen molar-refractivity contribution in [2.75, 3.05) is 5.73 Å². The molecule has 0 aliphatic rings. The fraction of sp³-hybridized carbons (Fsp3) is 0.444. The van der Waals surface area contributed by atoms with Gasteiger partial charge in [-0.1, -0.05) is 20.8 Å². The molecule has 1 amide bonds.